The highest BCUT2D eigenvalue weighted by Crippen LogP contribution is 2.15. The fraction of sp³-hybridized carbons (Fsp3) is 0.571. The van der Waals surface area contributed by atoms with Crippen LogP contribution in [0.2, 0.25) is 0 Å². The normalized spacial score (nSPS) is 24.4. The van der Waals surface area contributed by atoms with Crippen LogP contribution in [-0.2, 0) is 9.53 Å². The number of ether oxygens (including phenoxy) is 1. The van der Waals surface area contributed by atoms with Gasteiger partial charge in [-0.1, -0.05) is 0 Å². The lowest BCUT2D eigenvalue weighted by molar-refractivity contribution is -0.139. The van der Waals surface area contributed by atoms with Gasteiger partial charge in [-0.2, -0.15) is 0 Å². The minimum atomic E-state index is -0.290. The first-order valence-electron chi connectivity index (χ1n) is 3.26. The quantitative estimate of drug-likeness (QED) is 0.562. The third kappa shape index (κ3) is 1.36. The SMILES string of the molecule is C[C@@H]1C=C(CCO)C(=O)O1. The fourth-order valence-corrected chi connectivity index (χ4v) is 0.936. The van der Waals surface area contributed by atoms with Gasteiger partial charge in [0, 0.05) is 18.6 Å². The van der Waals surface area contributed by atoms with Crippen molar-refractivity contribution >= 4 is 5.97 Å². The smallest absolute Gasteiger partial charge is 0.334 e. The van der Waals surface area contributed by atoms with Gasteiger partial charge >= 0.3 is 5.97 Å². The standard InChI is InChI=1S/C7H10O3/c1-5-4-6(2-3-8)7(9)10-5/h4-5,8H,2-3H2,1H3/t5-/m1/s1. The summed E-state index contributed by atoms with van der Waals surface area (Å²) in [6, 6.07) is 0. The fourth-order valence-electron chi connectivity index (χ4n) is 0.936. The van der Waals surface area contributed by atoms with Gasteiger partial charge in [0.1, 0.15) is 6.10 Å². The lowest BCUT2D eigenvalue weighted by Gasteiger charge is -1.97. The Morgan fingerprint density at radius 2 is 2.50 bits per heavy atom. The summed E-state index contributed by atoms with van der Waals surface area (Å²) in [7, 11) is 0. The zero-order chi connectivity index (χ0) is 7.56. The zero-order valence-electron chi connectivity index (χ0n) is 5.83. The van der Waals surface area contributed by atoms with E-state index in [2.05, 4.69) is 0 Å². The molecule has 56 valence electrons. The number of aliphatic hydroxyl groups is 1. The van der Waals surface area contributed by atoms with Crippen LogP contribution in [0.3, 0.4) is 0 Å². The molecule has 0 amide bonds. The summed E-state index contributed by atoms with van der Waals surface area (Å²) < 4.78 is 4.78. The molecular weight excluding hydrogens is 132 g/mol. The number of hydrogen-bond donors (Lipinski definition) is 1. The van der Waals surface area contributed by atoms with Gasteiger partial charge in [0.05, 0.1) is 0 Å². The van der Waals surface area contributed by atoms with Crippen molar-refractivity contribution in [2.24, 2.45) is 0 Å². The van der Waals surface area contributed by atoms with E-state index >= 15 is 0 Å². The number of hydrogen-bond acceptors (Lipinski definition) is 3. The molecule has 1 aliphatic rings. The topological polar surface area (TPSA) is 46.5 Å². The summed E-state index contributed by atoms with van der Waals surface area (Å²) in [6.07, 6.45) is 2.02. The summed E-state index contributed by atoms with van der Waals surface area (Å²) in [5.74, 6) is -0.290. The van der Waals surface area contributed by atoms with Gasteiger partial charge in [-0.05, 0) is 13.0 Å². The Kier molecular flexibility index (Phi) is 2.06. The molecule has 1 aliphatic heterocycles. The predicted octanol–water partition coefficient (Wildman–Crippen LogP) is 0.240. The Balaban J connectivity index is 2.57. The second-order valence-electron chi connectivity index (χ2n) is 2.28. The zero-order valence-corrected chi connectivity index (χ0v) is 5.83. The van der Waals surface area contributed by atoms with Crippen LogP contribution in [0.15, 0.2) is 11.6 Å². The van der Waals surface area contributed by atoms with Crippen molar-refractivity contribution < 1.29 is 14.6 Å². The van der Waals surface area contributed by atoms with Gasteiger partial charge in [-0.25, -0.2) is 4.79 Å². The van der Waals surface area contributed by atoms with E-state index in [0.717, 1.165) is 0 Å². The molecule has 0 saturated heterocycles. The second kappa shape index (κ2) is 2.84. The highest BCUT2D eigenvalue weighted by Gasteiger charge is 2.20. The largest absolute Gasteiger partial charge is 0.455 e. The monoisotopic (exact) mass is 142 g/mol. The maximum absolute atomic E-state index is 10.8. The van der Waals surface area contributed by atoms with Crippen molar-refractivity contribution in [2.45, 2.75) is 19.4 Å². The summed E-state index contributed by atoms with van der Waals surface area (Å²) >= 11 is 0. The number of carbonyl (C=O) groups excluding carboxylic acids is 1. The number of rotatable bonds is 2. The van der Waals surface area contributed by atoms with Crippen LogP contribution in [-0.4, -0.2) is 23.8 Å². The van der Waals surface area contributed by atoms with E-state index in [0.29, 0.717) is 12.0 Å². The predicted molar refractivity (Wildman–Crippen MR) is 35.3 cm³/mol. The van der Waals surface area contributed by atoms with Crippen LogP contribution in [0.1, 0.15) is 13.3 Å². The molecule has 0 aliphatic carbocycles. The first-order chi connectivity index (χ1) is 4.74. The van der Waals surface area contributed by atoms with Crippen molar-refractivity contribution in [1.82, 2.24) is 0 Å². The molecule has 3 nitrogen and oxygen atoms in total. The molecule has 10 heavy (non-hydrogen) atoms. The van der Waals surface area contributed by atoms with Gasteiger partial charge in [0.2, 0.25) is 0 Å². The molecule has 1 N–H and O–H groups in total. The molecule has 0 fully saturated rings. The van der Waals surface area contributed by atoms with Crippen molar-refractivity contribution in [3.63, 3.8) is 0 Å². The van der Waals surface area contributed by atoms with Gasteiger partial charge in [0.25, 0.3) is 0 Å². The lowest BCUT2D eigenvalue weighted by Crippen LogP contribution is -2.04. The average molecular weight is 142 g/mol. The van der Waals surface area contributed by atoms with Crippen LogP contribution in [0.5, 0.6) is 0 Å². The Hall–Kier alpha value is -0.830. The summed E-state index contributed by atoms with van der Waals surface area (Å²) in [4.78, 5) is 10.8. The number of cyclic esters (lactones) is 1. The maximum Gasteiger partial charge on any atom is 0.334 e. The first kappa shape index (κ1) is 7.28. The van der Waals surface area contributed by atoms with E-state index in [9.17, 15) is 4.79 Å². The molecule has 0 saturated carbocycles. The molecule has 0 aromatic heterocycles. The lowest BCUT2D eigenvalue weighted by atomic mass is 10.2. The van der Waals surface area contributed by atoms with E-state index in [1.165, 1.54) is 0 Å². The Morgan fingerprint density at radius 1 is 1.80 bits per heavy atom. The molecule has 0 radical (unpaired) electrons. The third-order valence-electron chi connectivity index (χ3n) is 1.37. The number of carbonyl (C=O) groups is 1. The molecule has 0 unspecified atom stereocenters. The summed E-state index contributed by atoms with van der Waals surface area (Å²) in [5, 5.41) is 8.48. The van der Waals surface area contributed by atoms with E-state index in [4.69, 9.17) is 9.84 Å². The molecule has 3 heteroatoms. The van der Waals surface area contributed by atoms with Crippen molar-refractivity contribution in [1.29, 1.82) is 0 Å². The van der Waals surface area contributed by atoms with Crippen LogP contribution >= 0.6 is 0 Å². The van der Waals surface area contributed by atoms with E-state index in [-0.39, 0.29) is 18.7 Å². The summed E-state index contributed by atoms with van der Waals surface area (Å²) in [6.45, 7) is 1.80. The molecule has 0 bridgehead atoms. The van der Waals surface area contributed by atoms with Crippen molar-refractivity contribution in [2.75, 3.05) is 6.61 Å². The molecule has 1 heterocycles. The Morgan fingerprint density at radius 3 is 2.90 bits per heavy atom. The van der Waals surface area contributed by atoms with E-state index in [1.807, 2.05) is 0 Å². The van der Waals surface area contributed by atoms with E-state index < -0.39 is 0 Å². The van der Waals surface area contributed by atoms with Crippen LogP contribution in [0.25, 0.3) is 0 Å². The Labute approximate surface area is 59.3 Å². The highest BCUT2D eigenvalue weighted by molar-refractivity contribution is 5.90. The molecular formula is C7H10O3. The van der Waals surface area contributed by atoms with Crippen molar-refractivity contribution in [3.8, 4) is 0 Å². The van der Waals surface area contributed by atoms with Gasteiger partial charge in [-0.15, -0.1) is 0 Å². The summed E-state index contributed by atoms with van der Waals surface area (Å²) in [5.41, 5.74) is 0.593. The first-order valence-corrected chi connectivity index (χ1v) is 3.26. The van der Waals surface area contributed by atoms with Crippen molar-refractivity contribution in [3.05, 3.63) is 11.6 Å². The molecule has 0 aromatic carbocycles. The molecule has 1 rings (SSSR count). The third-order valence-corrected chi connectivity index (χ3v) is 1.37. The molecule has 1 atom stereocenters. The highest BCUT2D eigenvalue weighted by atomic mass is 16.5. The number of aliphatic hydroxyl groups excluding tert-OH is 1. The van der Waals surface area contributed by atoms with Crippen LogP contribution in [0, 0.1) is 0 Å². The maximum atomic E-state index is 10.8. The molecule has 0 spiro atoms. The molecule has 0 aromatic rings. The number of esters is 1. The minimum Gasteiger partial charge on any atom is -0.455 e. The second-order valence-corrected chi connectivity index (χ2v) is 2.28. The average Bonchev–Trinajstić information content (AvgIpc) is 2.13. The van der Waals surface area contributed by atoms with Gasteiger partial charge < -0.3 is 9.84 Å². The van der Waals surface area contributed by atoms with Crippen LogP contribution in [0.4, 0.5) is 0 Å². The Bertz CT molecular complexity index is 172. The van der Waals surface area contributed by atoms with E-state index in [1.54, 1.807) is 13.0 Å². The van der Waals surface area contributed by atoms with Crippen LogP contribution < -0.4 is 0 Å². The van der Waals surface area contributed by atoms with Gasteiger partial charge in [0.15, 0.2) is 0 Å². The van der Waals surface area contributed by atoms with Gasteiger partial charge in [-0.3, -0.25) is 0 Å². The minimum absolute atomic E-state index is 0.00759.